The molecule has 1 atom stereocenters. The van der Waals surface area contributed by atoms with Crippen molar-refractivity contribution in [1.29, 1.82) is 0 Å². The van der Waals surface area contributed by atoms with E-state index in [0.29, 0.717) is 24.3 Å². The highest BCUT2D eigenvalue weighted by Gasteiger charge is 2.24. The van der Waals surface area contributed by atoms with Crippen LogP contribution in [0.2, 0.25) is 0 Å². The maximum Gasteiger partial charge on any atom is 0.209 e. The van der Waals surface area contributed by atoms with Crippen molar-refractivity contribution in [2.75, 3.05) is 20.8 Å². The van der Waals surface area contributed by atoms with E-state index in [1.54, 1.807) is 25.3 Å². The average molecular weight is 395 g/mol. The molecule has 0 aromatic heterocycles. The van der Waals surface area contributed by atoms with Crippen LogP contribution in [-0.2, 0) is 22.3 Å². The summed E-state index contributed by atoms with van der Waals surface area (Å²) in [4.78, 5) is 8.63. The highest BCUT2D eigenvalue weighted by Crippen LogP contribution is 2.31. The van der Waals surface area contributed by atoms with Gasteiger partial charge in [-0.05, 0) is 54.9 Å². The van der Waals surface area contributed by atoms with Gasteiger partial charge in [-0.2, -0.15) is 0 Å². The third-order valence-electron chi connectivity index (χ3n) is 4.44. The molecule has 1 aromatic carbocycles. The fourth-order valence-electron chi connectivity index (χ4n) is 3.07. The van der Waals surface area contributed by atoms with Gasteiger partial charge < -0.3 is 9.47 Å². The number of nitrogens with zero attached hydrogens (tertiary/aromatic N) is 2. The molecule has 1 aliphatic heterocycles. The molecular weight excluding hydrogens is 368 g/mol. The largest absolute Gasteiger partial charge is 0.483 e. The Labute approximate surface area is 153 Å². The van der Waals surface area contributed by atoms with Crippen LogP contribution in [0.5, 0.6) is 0 Å². The number of aliphatic imine (C=N–C) groups is 2. The number of aryl methyl sites for hydroxylation is 1. The van der Waals surface area contributed by atoms with Crippen LogP contribution >= 0.6 is 15.9 Å². The molecule has 1 aliphatic carbocycles. The number of fused-ring (bicyclic) bond motifs is 1. The molecule has 0 saturated heterocycles. The van der Waals surface area contributed by atoms with E-state index in [4.69, 9.17) is 9.47 Å². The predicted octanol–water partition coefficient (Wildman–Crippen LogP) is 4.36. The molecule has 2 aliphatic rings. The SMILES string of the molecule is COC1=NC(C(C)C)C(OC)=NC1.Cc1ccc(Br)c2c1CCC2. The molecule has 24 heavy (non-hydrogen) atoms. The van der Waals surface area contributed by atoms with Crippen molar-refractivity contribution < 1.29 is 9.47 Å². The first-order valence-corrected chi connectivity index (χ1v) is 9.23. The van der Waals surface area contributed by atoms with Crippen molar-refractivity contribution in [3.05, 3.63) is 33.3 Å². The lowest BCUT2D eigenvalue weighted by molar-refractivity contribution is 0.344. The predicted molar refractivity (Wildman–Crippen MR) is 103 cm³/mol. The third kappa shape index (κ3) is 4.38. The van der Waals surface area contributed by atoms with Gasteiger partial charge in [-0.15, -0.1) is 0 Å². The molecule has 0 radical (unpaired) electrons. The first kappa shape index (κ1) is 19.0. The maximum absolute atomic E-state index is 5.15. The number of hydrogen-bond donors (Lipinski definition) is 0. The monoisotopic (exact) mass is 394 g/mol. The van der Waals surface area contributed by atoms with Crippen molar-refractivity contribution in [2.45, 2.75) is 46.1 Å². The zero-order valence-electron chi connectivity index (χ0n) is 15.2. The highest BCUT2D eigenvalue weighted by atomic mass is 79.9. The summed E-state index contributed by atoms with van der Waals surface area (Å²) in [5.74, 6) is 1.76. The van der Waals surface area contributed by atoms with Crippen molar-refractivity contribution in [2.24, 2.45) is 15.9 Å². The molecule has 1 heterocycles. The summed E-state index contributed by atoms with van der Waals surface area (Å²) in [6, 6.07) is 4.38. The van der Waals surface area contributed by atoms with Gasteiger partial charge in [0.15, 0.2) is 0 Å². The Morgan fingerprint density at radius 2 is 1.83 bits per heavy atom. The van der Waals surface area contributed by atoms with Crippen molar-refractivity contribution in [1.82, 2.24) is 0 Å². The summed E-state index contributed by atoms with van der Waals surface area (Å²) in [5, 5.41) is 0. The van der Waals surface area contributed by atoms with Crippen molar-refractivity contribution in [3.8, 4) is 0 Å². The third-order valence-corrected chi connectivity index (χ3v) is 5.19. The minimum absolute atomic E-state index is 0.00806. The summed E-state index contributed by atoms with van der Waals surface area (Å²) in [6.45, 7) is 6.86. The van der Waals surface area contributed by atoms with Gasteiger partial charge in [-0.25, -0.2) is 9.98 Å². The highest BCUT2D eigenvalue weighted by molar-refractivity contribution is 9.10. The van der Waals surface area contributed by atoms with Crippen LogP contribution in [0.25, 0.3) is 0 Å². The molecule has 5 heteroatoms. The molecule has 0 spiro atoms. The molecule has 3 rings (SSSR count). The summed E-state index contributed by atoms with van der Waals surface area (Å²) >= 11 is 3.58. The second-order valence-corrected chi connectivity index (χ2v) is 7.30. The summed E-state index contributed by atoms with van der Waals surface area (Å²) < 4.78 is 11.5. The molecule has 132 valence electrons. The molecule has 0 bridgehead atoms. The minimum atomic E-state index is 0.00806. The Morgan fingerprint density at radius 3 is 2.42 bits per heavy atom. The van der Waals surface area contributed by atoms with Gasteiger partial charge in [-0.1, -0.05) is 35.8 Å². The first-order chi connectivity index (χ1) is 11.5. The first-order valence-electron chi connectivity index (χ1n) is 8.43. The Bertz CT molecular complexity index is 609. The van der Waals surface area contributed by atoms with Crippen LogP contribution in [0.15, 0.2) is 26.6 Å². The fraction of sp³-hybridized carbons (Fsp3) is 0.579. The van der Waals surface area contributed by atoms with E-state index in [1.165, 1.54) is 29.3 Å². The van der Waals surface area contributed by atoms with Crippen LogP contribution in [0.4, 0.5) is 0 Å². The van der Waals surface area contributed by atoms with Crippen LogP contribution in [0.3, 0.4) is 0 Å². The van der Waals surface area contributed by atoms with E-state index in [1.807, 2.05) is 0 Å². The van der Waals surface area contributed by atoms with E-state index in [0.717, 1.165) is 0 Å². The Balaban J connectivity index is 0.000000175. The van der Waals surface area contributed by atoms with Gasteiger partial charge >= 0.3 is 0 Å². The molecule has 0 saturated carbocycles. The second kappa shape index (κ2) is 8.65. The molecule has 1 unspecified atom stereocenters. The van der Waals surface area contributed by atoms with E-state index >= 15 is 0 Å². The molecule has 4 nitrogen and oxygen atoms in total. The van der Waals surface area contributed by atoms with Crippen LogP contribution < -0.4 is 0 Å². The smallest absolute Gasteiger partial charge is 0.209 e. The summed E-state index contributed by atoms with van der Waals surface area (Å²) in [6.07, 6.45) is 3.87. The van der Waals surface area contributed by atoms with Crippen LogP contribution in [0.1, 0.15) is 37.0 Å². The maximum atomic E-state index is 5.15. The molecule has 0 amide bonds. The number of benzene rings is 1. The fourth-order valence-corrected chi connectivity index (χ4v) is 3.64. The Kier molecular flexibility index (Phi) is 6.84. The van der Waals surface area contributed by atoms with E-state index in [9.17, 15) is 0 Å². The summed E-state index contributed by atoms with van der Waals surface area (Å²) in [7, 11) is 3.24. The van der Waals surface area contributed by atoms with E-state index < -0.39 is 0 Å². The van der Waals surface area contributed by atoms with Gasteiger partial charge in [0, 0.05) is 4.47 Å². The zero-order chi connectivity index (χ0) is 17.7. The van der Waals surface area contributed by atoms with Crippen molar-refractivity contribution >= 4 is 27.7 Å². The van der Waals surface area contributed by atoms with Gasteiger partial charge in [0.2, 0.25) is 11.8 Å². The molecule has 0 N–H and O–H groups in total. The molecule has 0 fully saturated rings. The topological polar surface area (TPSA) is 43.2 Å². The Morgan fingerprint density at radius 1 is 1.12 bits per heavy atom. The van der Waals surface area contributed by atoms with Crippen LogP contribution in [-0.4, -0.2) is 38.6 Å². The second-order valence-electron chi connectivity index (χ2n) is 6.45. The minimum Gasteiger partial charge on any atom is -0.483 e. The normalized spacial score (nSPS) is 19.0. The van der Waals surface area contributed by atoms with Crippen LogP contribution in [0, 0.1) is 12.8 Å². The lowest BCUT2D eigenvalue weighted by Crippen LogP contribution is -2.32. The average Bonchev–Trinajstić information content (AvgIpc) is 3.09. The van der Waals surface area contributed by atoms with Crippen molar-refractivity contribution in [3.63, 3.8) is 0 Å². The standard InChI is InChI=1S/C10H11Br.C9H16N2O2/c1-7-5-6-10(11)9-4-2-3-8(7)9;1-6(2)8-9(13-4)10-5-7(11-8)12-3/h5-6H,2-4H2,1H3;6,8H,5H2,1-4H3. The molecule has 1 aromatic rings. The lowest BCUT2D eigenvalue weighted by atomic mass is 10.0. The number of ether oxygens (including phenoxy) is 2. The lowest BCUT2D eigenvalue weighted by Gasteiger charge is -2.22. The van der Waals surface area contributed by atoms with Gasteiger partial charge in [0.05, 0.1) is 14.2 Å². The van der Waals surface area contributed by atoms with E-state index in [2.05, 4.69) is 58.8 Å². The number of halogens is 1. The summed E-state index contributed by atoms with van der Waals surface area (Å²) in [5.41, 5.74) is 4.59. The van der Waals surface area contributed by atoms with E-state index in [-0.39, 0.29) is 6.04 Å². The number of hydrogen-bond acceptors (Lipinski definition) is 4. The van der Waals surface area contributed by atoms with Gasteiger partial charge in [-0.3, -0.25) is 0 Å². The quantitative estimate of drug-likeness (QED) is 0.709. The van der Waals surface area contributed by atoms with Gasteiger partial charge in [0.1, 0.15) is 12.6 Å². The molecular formula is C19H27BrN2O2. The number of methoxy groups -OCH3 is 2. The Hall–Kier alpha value is -1.36. The van der Waals surface area contributed by atoms with Gasteiger partial charge in [0.25, 0.3) is 0 Å². The zero-order valence-corrected chi connectivity index (χ0v) is 16.8. The number of rotatable bonds is 1.